The van der Waals surface area contributed by atoms with Crippen molar-refractivity contribution in [2.24, 2.45) is 0 Å². The molecule has 4 nitrogen and oxygen atoms in total. The maximum Gasteiger partial charge on any atom is 0.214 e. The second-order valence-electron chi connectivity index (χ2n) is 4.33. The molecule has 102 valence electrons. The molecule has 0 heterocycles. The molecule has 0 saturated heterocycles. The lowest BCUT2D eigenvalue weighted by atomic mass is 10.1. The molecule has 0 atom stereocenters. The van der Waals surface area contributed by atoms with E-state index in [9.17, 15) is 12.8 Å². The van der Waals surface area contributed by atoms with Crippen LogP contribution in [0.15, 0.2) is 18.2 Å². The maximum atomic E-state index is 13.6. The summed E-state index contributed by atoms with van der Waals surface area (Å²) in [6.07, 6.45) is 1.33. The van der Waals surface area contributed by atoms with Crippen molar-refractivity contribution in [1.82, 2.24) is 4.72 Å². The average Bonchev–Trinajstić information content (AvgIpc) is 3.21. The number of hydrogen-bond acceptors (Lipinski definition) is 3. The van der Waals surface area contributed by atoms with Crippen molar-refractivity contribution in [1.29, 1.82) is 0 Å². The van der Waals surface area contributed by atoms with Gasteiger partial charge in [0.1, 0.15) is 12.4 Å². The molecule has 1 aromatic carbocycles. The largest absolute Gasteiger partial charge is 0.384 e. The van der Waals surface area contributed by atoms with Gasteiger partial charge >= 0.3 is 0 Å². The Balaban J connectivity index is 2.10. The monoisotopic (exact) mass is 283 g/mol. The molecule has 1 aliphatic rings. The van der Waals surface area contributed by atoms with Gasteiger partial charge in [0.05, 0.1) is 5.25 Å². The van der Waals surface area contributed by atoms with Gasteiger partial charge in [-0.1, -0.05) is 11.8 Å². The second-order valence-corrected chi connectivity index (χ2v) is 6.38. The number of sulfonamides is 1. The third-order valence-corrected chi connectivity index (χ3v) is 4.68. The summed E-state index contributed by atoms with van der Waals surface area (Å²) in [5, 5.41) is 8.26. The van der Waals surface area contributed by atoms with Crippen molar-refractivity contribution < 1.29 is 17.9 Å². The van der Waals surface area contributed by atoms with Crippen LogP contribution in [0.3, 0.4) is 0 Å². The van der Waals surface area contributed by atoms with E-state index in [0.29, 0.717) is 18.4 Å². The number of rotatable bonds is 4. The molecule has 1 aromatic rings. The SMILES string of the molecule is O=S(=O)(NCc1cc(C#CCO)ccc1F)C1CC1. The number of hydrogen-bond donors (Lipinski definition) is 2. The third kappa shape index (κ3) is 3.77. The second kappa shape index (κ2) is 5.70. The molecule has 0 spiro atoms. The van der Waals surface area contributed by atoms with Gasteiger partial charge in [-0.05, 0) is 31.0 Å². The Kier molecular flexibility index (Phi) is 4.20. The van der Waals surface area contributed by atoms with Crippen LogP contribution >= 0.6 is 0 Å². The Bertz CT molecular complexity index is 627. The van der Waals surface area contributed by atoms with Gasteiger partial charge in [0.15, 0.2) is 0 Å². The molecule has 0 aliphatic heterocycles. The first-order valence-electron chi connectivity index (χ1n) is 5.89. The topological polar surface area (TPSA) is 66.4 Å². The van der Waals surface area contributed by atoms with Crippen molar-refractivity contribution in [3.63, 3.8) is 0 Å². The van der Waals surface area contributed by atoms with E-state index < -0.39 is 15.8 Å². The van der Waals surface area contributed by atoms with E-state index in [1.54, 1.807) is 0 Å². The van der Waals surface area contributed by atoms with Crippen LogP contribution in [0, 0.1) is 17.7 Å². The first-order chi connectivity index (χ1) is 9.03. The van der Waals surface area contributed by atoms with Crippen LogP contribution in [0.25, 0.3) is 0 Å². The van der Waals surface area contributed by atoms with E-state index >= 15 is 0 Å². The van der Waals surface area contributed by atoms with Crippen molar-refractivity contribution in [2.45, 2.75) is 24.6 Å². The minimum Gasteiger partial charge on any atom is -0.384 e. The summed E-state index contributed by atoms with van der Waals surface area (Å²) in [6.45, 7) is -0.361. The molecule has 2 N–H and O–H groups in total. The van der Waals surface area contributed by atoms with Crippen LogP contribution in [0.5, 0.6) is 0 Å². The molecular formula is C13H14FNO3S. The summed E-state index contributed by atoms with van der Waals surface area (Å²) in [6, 6.07) is 4.20. The van der Waals surface area contributed by atoms with Crippen LogP contribution in [0.4, 0.5) is 4.39 Å². The van der Waals surface area contributed by atoms with Gasteiger partial charge in [-0.25, -0.2) is 17.5 Å². The molecule has 19 heavy (non-hydrogen) atoms. The van der Waals surface area contributed by atoms with Gasteiger partial charge in [-0.3, -0.25) is 0 Å². The summed E-state index contributed by atoms with van der Waals surface area (Å²) >= 11 is 0. The third-order valence-electron chi connectivity index (χ3n) is 2.78. The number of aliphatic hydroxyl groups is 1. The zero-order valence-electron chi connectivity index (χ0n) is 10.2. The van der Waals surface area contributed by atoms with Crippen LogP contribution < -0.4 is 4.72 Å². The lowest BCUT2D eigenvalue weighted by Crippen LogP contribution is -2.27. The lowest BCUT2D eigenvalue weighted by Gasteiger charge is -2.07. The zero-order chi connectivity index (χ0) is 13.9. The van der Waals surface area contributed by atoms with Gasteiger partial charge in [-0.15, -0.1) is 0 Å². The van der Waals surface area contributed by atoms with E-state index in [-0.39, 0.29) is 24.0 Å². The molecule has 0 amide bonds. The standard InChI is InChI=1S/C13H14FNO3S/c14-13-6-3-10(2-1-7-16)8-11(13)9-15-19(17,18)12-4-5-12/h3,6,8,12,15-16H,4-5,7,9H2. The van der Waals surface area contributed by atoms with E-state index in [0.717, 1.165) is 0 Å². The molecule has 1 fully saturated rings. The number of benzene rings is 1. The minimum absolute atomic E-state index is 0.0840. The molecule has 0 bridgehead atoms. The van der Waals surface area contributed by atoms with Gasteiger partial charge in [0.2, 0.25) is 10.0 Å². The number of halogens is 1. The highest BCUT2D eigenvalue weighted by molar-refractivity contribution is 7.90. The van der Waals surface area contributed by atoms with Crippen LogP contribution in [-0.4, -0.2) is 25.4 Å². The molecule has 1 saturated carbocycles. The maximum absolute atomic E-state index is 13.6. The smallest absolute Gasteiger partial charge is 0.214 e. The fourth-order valence-corrected chi connectivity index (χ4v) is 2.95. The van der Waals surface area contributed by atoms with Gasteiger partial charge in [0.25, 0.3) is 0 Å². The summed E-state index contributed by atoms with van der Waals surface area (Å²) in [4.78, 5) is 0. The predicted molar refractivity (Wildman–Crippen MR) is 69.1 cm³/mol. The zero-order valence-corrected chi connectivity index (χ0v) is 11.0. The van der Waals surface area contributed by atoms with E-state index in [1.165, 1.54) is 18.2 Å². The van der Waals surface area contributed by atoms with Crippen LogP contribution in [0.1, 0.15) is 24.0 Å². The Morgan fingerprint density at radius 1 is 1.42 bits per heavy atom. The van der Waals surface area contributed by atoms with Crippen molar-refractivity contribution in [3.05, 3.63) is 35.1 Å². The average molecular weight is 283 g/mol. The molecule has 0 aromatic heterocycles. The molecule has 1 aliphatic carbocycles. The van der Waals surface area contributed by atoms with Crippen molar-refractivity contribution in [3.8, 4) is 11.8 Å². The molecular weight excluding hydrogens is 269 g/mol. The van der Waals surface area contributed by atoms with Gasteiger partial charge in [-0.2, -0.15) is 0 Å². The van der Waals surface area contributed by atoms with E-state index in [4.69, 9.17) is 5.11 Å². The molecule has 6 heteroatoms. The summed E-state index contributed by atoms with van der Waals surface area (Å²) < 4.78 is 39.2. The Morgan fingerprint density at radius 3 is 2.79 bits per heavy atom. The fraction of sp³-hybridized carbons (Fsp3) is 0.385. The normalized spacial score (nSPS) is 14.8. The van der Waals surface area contributed by atoms with E-state index in [2.05, 4.69) is 16.6 Å². The first-order valence-corrected chi connectivity index (χ1v) is 7.44. The summed E-state index contributed by atoms with van der Waals surface area (Å²) in [7, 11) is -3.32. The number of aliphatic hydroxyl groups excluding tert-OH is 1. The van der Waals surface area contributed by atoms with Crippen molar-refractivity contribution >= 4 is 10.0 Å². The Labute approximate surface area is 111 Å². The molecule has 2 rings (SSSR count). The molecule has 0 unspecified atom stereocenters. The van der Waals surface area contributed by atoms with Crippen molar-refractivity contribution in [2.75, 3.05) is 6.61 Å². The van der Waals surface area contributed by atoms with Crippen LogP contribution in [0.2, 0.25) is 0 Å². The highest BCUT2D eigenvalue weighted by Gasteiger charge is 2.35. The van der Waals surface area contributed by atoms with Gasteiger partial charge < -0.3 is 5.11 Å². The highest BCUT2D eigenvalue weighted by Crippen LogP contribution is 2.27. The Hall–Kier alpha value is -1.42. The van der Waals surface area contributed by atoms with Crippen LogP contribution in [-0.2, 0) is 16.6 Å². The summed E-state index contributed by atoms with van der Waals surface area (Å²) in [5.74, 6) is 4.63. The fourth-order valence-electron chi connectivity index (χ4n) is 1.60. The summed E-state index contributed by atoms with van der Waals surface area (Å²) in [5.41, 5.74) is 0.782. The van der Waals surface area contributed by atoms with Gasteiger partial charge in [0, 0.05) is 17.7 Å². The molecule has 0 radical (unpaired) electrons. The number of nitrogens with one attached hydrogen (secondary N) is 1. The quantitative estimate of drug-likeness (QED) is 0.801. The highest BCUT2D eigenvalue weighted by atomic mass is 32.2. The first kappa shape index (κ1) is 14.0. The van der Waals surface area contributed by atoms with E-state index in [1.807, 2.05) is 0 Å². The minimum atomic E-state index is -3.32. The lowest BCUT2D eigenvalue weighted by molar-refractivity contribution is 0.350. The Morgan fingerprint density at radius 2 is 2.16 bits per heavy atom. The predicted octanol–water partition coefficient (Wildman–Crippen LogP) is 0.751.